The maximum absolute atomic E-state index is 12.4. The summed E-state index contributed by atoms with van der Waals surface area (Å²) in [6.45, 7) is 4.53. The van der Waals surface area contributed by atoms with E-state index in [1.165, 1.54) is 0 Å². The summed E-state index contributed by atoms with van der Waals surface area (Å²) < 4.78 is 7.26. The summed E-state index contributed by atoms with van der Waals surface area (Å²) >= 11 is 0. The van der Waals surface area contributed by atoms with E-state index in [4.69, 9.17) is 4.74 Å². The van der Waals surface area contributed by atoms with Crippen LogP contribution in [0.15, 0.2) is 36.9 Å². The fourth-order valence-electron chi connectivity index (χ4n) is 3.25. The Balaban J connectivity index is 1.49. The Hall–Kier alpha value is -2.84. The fraction of sp³-hybridized carbons (Fsp3) is 0.368. The van der Waals surface area contributed by atoms with Gasteiger partial charge in [-0.05, 0) is 19.1 Å². The van der Waals surface area contributed by atoms with Crippen molar-refractivity contribution in [3.8, 4) is 11.1 Å². The zero-order chi connectivity index (χ0) is 18.8. The van der Waals surface area contributed by atoms with Gasteiger partial charge in [0, 0.05) is 49.0 Å². The highest BCUT2D eigenvalue weighted by molar-refractivity contribution is 5.93. The van der Waals surface area contributed by atoms with Crippen LogP contribution in [0.3, 0.4) is 0 Å². The van der Waals surface area contributed by atoms with E-state index in [-0.39, 0.29) is 12.0 Å². The number of carbonyl (C=O) groups is 1. The molecule has 1 aliphatic rings. The SMILES string of the molecule is CC1CN(CC(=O)Nc2cc3cc(-c4cnn(C)c4)cnc3cn2)CCO1. The third-order valence-electron chi connectivity index (χ3n) is 4.57. The minimum Gasteiger partial charge on any atom is -0.376 e. The third kappa shape index (κ3) is 4.12. The molecule has 0 spiro atoms. The number of nitrogens with zero attached hydrogens (tertiary/aromatic N) is 5. The van der Waals surface area contributed by atoms with Crippen molar-refractivity contribution in [2.24, 2.45) is 7.05 Å². The van der Waals surface area contributed by atoms with Crippen LogP contribution in [0.5, 0.6) is 0 Å². The predicted octanol–water partition coefficient (Wildman–Crippen LogP) is 1.69. The van der Waals surface area contributed by atoms with Gasteiger partial charge in [0.15, 0.2) is 0 Å². The molecule has 3 aromatic rings. The smallest absolute Gasteiger partial charge is 0.239 e. The molecule has 8 heteroatoms. The van der Waals surface area contributed by atoms with Crippen molar-refractivity contribution in [3.05, 3.63) is 36.9 Å². The lowest BCUT2D eigenvalue weighted by Crippen LogP contribution is -2.44. The maximum atomic E-state index is 12.4. The van der Waals surface area contributed by atoms with Crippen molar-refractivity contribution in [1.82, 2.24) is 24.6 Å². The van der Waals surface area contributed by atoms with Gasteiger partial charge in [-0.15, -0.1) is 0 Å². The van der Waals surface area contributed by atoms with Crippen molar-refractivity contribution in [2.75, 3.05) is 31.6 Å². The van der Waals surface area contributed by atoms with Gasteiger partial charge in [-0.1, -0.05) is 0 Å². The van der Waals surface area contributed by atoms with E-state index in [0.717, 1.165) is 35.1 Å². The lowest BCUT2D eigenvalue weighted by Gasteiger charge is -2.30. The zero-order valence-corrected chi connectivity index (χ0v) is 15.4. The van der Waals surface area contributed by atoms with Crippen LogP contribution in [-0.4, -0.2) is 62.9 Å². The van der Waals surface area contributed by atoms with Crippen LogP contribution in [0, 0.1) is 0 Å². The number of pyridine rings is 2. The third-order valence-corrected chi connectivity index (χ3v) is 4.57. The maximum Gasteiger partial charge on any atom is 0.239 e. The van der Waals surface area contributed by atoms with Crippen LogP contribution in [0.2, 0.25) is 0 Å². The Labute approximate surface area is 157 Å². The number of aryl methyl sites for hydroxylation is 1. The van der Waals surface area contributed by atoms with Gasteiger partial charge in [-0.25, -0.2) is 4.98 Å². The number of amides is 1. The van der Waals surface area contributed by atoms with E-state index in [1.807, 2.05) is 32.3 Å². The van der Waals surface area contributed by atoms with Crippen molar-refractivity contribution in [3.63, 3.8) is 0 Å². The standard InChI is InChI=1S/C19H22N6O2/c1-13-10-25(3-4-27-13)12-19(26)23-18-6-14-5-15(7-20-17(14)9-21-18)16-8-22-24(2)11-16/h5-9,11,13H,3-4,10,12H2,1-2H3,(H,21,23,26). The number of morpholine rings is 1. The van der Waals surface area contributed by atoms with Crippen molar-refractivity contribution >= 4 is 22.6 Å². The number of rotatable bonds is 4. The summed E-state index contributed by atoms with van der Waals surface area (Å²) in [5, 5.41) is 8.00. The van der Waals surface area contributed by atoms with Gasteiger partial charge in [0.05, 0.1) is 37.2 Å². The van der Waals surface area contributed by atoms with Crippen LogP contribution < -0.4 is 5.32 Å². The topological polar surface area (TPSA) is 85.2 Å². The Morgan fingerprint density at radius 2 is 2.15 bits per heavy atom. The number of aromatic nitrogens is 4. The first-order chi connectivity index (χ1) is 13.1. The minimum atomic E-state index is -0.0766. The second kappa shape index (κ2) is 7.42. The van der Waals surface area contributed by atoms with Gasteiger partial charge in [-0.3, -0.25) is 19.4 Å². The molecule has 1 amide bonds. The number of carbonyl (C=O) groups excluding carboxylic acids is 1. The molecule has 0 saturated carbocycles. The molecule has 1 saturated heterocycles. The van der Waals surface area contributed by atoms with Crippen LogP contribution in [0.25, 0.3) is 22.0 Å². The molecule has 4 heterocycles. The molecule has 8 nitrogen and oxygen atoms in total. The van der Waals surface area contributed by atoms with Gasteiger partial charge in [0.2, 0.25) is 5.91 Å². The second-order valence-corrected chi connectivity index (χ2v) is 6.85. The summed E-state index contributed by atoms with van der Waals surface area (Å²) in [5.41, 5.74) is 2.75. The molecule has 1 atom stereocenters. The van der Waals surface area contributed by atoms with Gasteiger partial charge in [0.1, 0.15) is 5.82 Å². The number of nitrogens with one attached hydrogen (secondary N) is 1. The number of anilines is 1. The molecule has 0 bridgehead atoms. The molecule has 0 radical (unpaired) electrons. The van der Waals surface area contributed by atoms with E-state index in [2.05, 4.69) is 25.3 Å². The van der Waals surface area contributed by atoms with Crippen LogP contribution in [-0.2, 0) is 16.6 Å². The normalized spacial score (nSPS) is 17.9. The molecule has 0 aromatic carbocycles. The quantitative estimate of drug-likeness (QED) is 0.756. The molecule has 1 N–H and O–H groups in total. The molecule has 4 rings (SSSR count). The van der Waals surface area contributed by atoms with E-state index in [1.54, 1.807) is 23.3 Å². The van der Waals surface area contributed by atoms with E-state index in [0.29, 0.717) is 19.0 Å². The summed E-state index contributed by atoms with van der Waals surface area (Å²) in [7, 11) is 1.88. The predicted molar refractivity (Wildman–Crippen MR) is 102 cm³/mol. The van der Waals surface area contributed by atoms with Gasteiger partial charge < -0.3 is 10.1 Å². The highest BCUT2D eigenvalue weighted by atomic mass is 16.5. The summed E-state index contributed by atoms with van der Waals surface area (Å²) in [5.74, 6) is 0.450. The molecule has 1 fully saturated rings. The number of hydrogen-bond acceptors (Lipinski definition) is 6. The number of ether oxygens (including phenoxy) is 1. The Morgan fingerprint density at radius 3 is 2.93 bits per heavy atom. The molecule has 140 valence electrons. The minimum absolute atomic E-state index is 0.0766. The summed E-state index contributed by atoms with van der Waals surface area (Å²) in [4.78, 5) is 23.2. The Kier molecular flexibility index (Phi) is 4.83. The molecule has 1 aliphatic heterocycles. The molecular formula is C19H22N6O2. The molecule has 1 unspecified atom stereocenters. The lowest BCUT2D eigenvalue weighted by molar-refractivity contribution is -0.119. The number of hydrogen-bond donors (Lipinski definition) is 1. The summed E-state index contributed by atoms with van der Waals surface area (Å²) in [6, 6.07) is 3.88. The van der Waals surface area contributed by atoms with Crippen molar-refractivity contribution in [2.45, 2.75) is 13.0 Å². The van der Waals surface area contributed by atoms with Crippen LogP contribution in [0.4, 0.5) is 5.82 Å². The van der Waals surface area contributed by atoms with Gasteiger partial charge in [0.25, 0.3) is 0 Å². The number of fused-ring (bicyclic) bond motifs is 1. The van der Waals surface area contributed by atoms with Crippen LogP contribution in [0.1, 0.15) is 6.92 Å². The van der Waals surface area contributed by atoms with Gasteiger partial charge >= 0.3 is 0 Å². The van der Waals surface area contributed by atoms with Gasteiger partial charge in [-0.2, -0.15) is 5.10 Å². The first-order valence-electron chi connectivity index (χ1n) is 8.95. The first-order valence-corrected chi connectivity index (χ1v) is 8.95. The highest BCUT2D eigenvalue weighted by Gasteiger charge is 2.19. The molecule has 3 aromatic heterocycles. The monoisotopic (exact) mass is 366 g/mol. The van der Waals surface area contributed by atoms with E-state index in [9.17, 15) is 4.79 Å². The molecule has 0 aliphatic carbocycles. The first kappa shape index (κ1) is 17.6. The average molecular weight is 366 g/mol. The zero-order valence-electron chi connectivity index (χ0n) is 15.4. The highest BCUT2D eigenvalue weighted by Crippen LogP contribution is 2.23. The Bertz CT molecular complexity index is 970. The van der Waals surface area contributed by atoms with E-state index >= 15 is 0 Å². The lowest BCUT2D eigenvalue weighted by atomic mass is 10.1. The fourth-order valence-corrected chi connectivity index (χ4v) is 3.25. The summed E-state index contributed by atoms with van der Waals surface area (Å²) in [6.07, 6.45) is 7.38. The van der Waals surface area contributed by atoms with E-state index < -0.39 is 0 Å². The average Bonchev–Trinajstić information content (AvgIpc) is 3.07. The largest absolute Gasteiger partial charge is 0.376 e. The van der Waals surface area contributed by atoms with Crippen LogP contribution >= 0.6 is 0 Å². The Morgan fingerprint density at radius 1 is 1.26 bits per heavy atom. The second-order valence-electron chi connectivity index (χ2n) is 6.85. The van der Waals surface area contributed by atoms with Crippen molar-refractivity contribution < 1.29 is 9.53 Å². The molecule has 27 heavy (non-hydrogen) atoms. The molecular weight excluding hydrogens is 344 g/mol. The van der Waals surface area contributed by atoms with Crippen molar-refractivity contribution in [1.29, 1.82) is 0 Å².